The molecule has 0 amide bonds. The number of para-hydroxylation sites is 1. The van der Waals surface area contributed by atoms with Crippen molar-refractivity contribution in [3.63, 3.8) is 0 Å². The first kappa shape index (κ1) is 18.6. The van der Waals surface area contributed by atoms with Crippen LogP contribution >= 0.6 is 0 Å². The van der Waals surface area contributed by atoms with Gasteiger partial charge in [0.2, 0.25) is 0 Å². The molecule has 1 aromatic rings. The fourth-order valence-electron chi connectivity index (χ4n) is 2.97. The quantitative estimate of drug-likeness (QED) is 0.457. The van der Waals surface area contributed by atoms with E-state index >= 15 is 0 Å². The summed E-state index contributed by atoms with van der Waals surface area (Å²) in [6.45, 7) is 10.6. The molecular weight excluding hydrogens is 300 g/mol. The average Bonchev–Trinajstić information content (AvgIpc) is 2.95. The molecule has 1 aliphatic heterocycles. The second-order valence-electron chi connectivity index (χ2n) is 6.79. The highest BCUT2D eigenvalue weighted by Crippen LogP contribution is 2.18. The van der Waals surface area contributed by atoms with Crippen molar-refractivity contribution in [1.29, 1.82) is 0 Å². The second-order valence-corrected chi connectivity index (χ2v) is 6.79. The van der Waals surface area contributed by atoms with Gasteiger partial charge in [0, 0.05) is 38.8 Å². The summed E-state index contributed by atoms with van der Waals surface area (Å²) in [6.07, 6.45) is 0.938. The summed E-state index contributed by atoms with van der Waals surface area (Å²) >= 11 is 0. The van der Waals surface area contributed by atoms with Crippen LogP contribution in [0.3, 0.4) is 0 Å². The Balaban J connectivity index is 1.66. The van der Waals surface area contributed by atoms with Crippen LogP contribution in [0.25, 0.3) is 0 Å². The van der Waals surface area contributed by atoms with Crippen LogP contribution in [0.15, 0.2) is 35.3 Å². The number of nitrogens with zero attached hydrogens (tertiary/aromatic N) is 2. The third kappa shape index (κ3) is 5.71. The van der Waals surface area contributed by atoms with E-state index in [2.05, 4.69) is 41.3 Å². The Bertz CT molecular complexity index is 503. The summed E-state index contributed by atoms with van der Waals surface area (Å²) in [7, 11) is 1.83. The normalized spacial score (nSPS) is 22.0. The van der Waals surface area contributed by atoms with Gasteiger partial charge in [0.25, 0.3) is 0 Å². The summed E-state index contributed by atoms with van der Waals surface area (Å²) in [4.78, 5) is 6.86. The largest absolute Gasteiger partial charge is 0.494 e. The molecule has 1 saturated heterocycles. The molecule has 2 N–H and O–H groups in total. The maximum atomic E-state index is 5.71. The summed E-state index contributed by atoms with van der Waals surface area (Å²) < 4.78 is 5.71. The zero-order valence-electron chi connectivity index (χ0n) is 15.5. The monoisotopic (exact) mass is 332 g/mol. The van der Waals surface area contributed by atoms with Crippen LogP contribution in [0.2, 0.25) is 0 Å². The van der Waals surface area contributed by atoms with Crippen molar-refractivity contribution in [2.75, 3.05) is 33.3 Å². The predicted molar refractivity (Wildman–Crippen MR) is 101 cm³/mol. The molecule has 2 unspecified atom stereocenters. The van der Waals surface area contributed by atoms with Crippen molar-refractivity contribution in [2.24, 2.45) is 10.9 Å². The molecule has 24 heavy (non-hydrogen) atoms. The third-order valence-corrected chi connectivity index (χ3v) is 4.54. The fraction of sp³-hybridized carbons (Fsp3) is 0.632. The van der Waals surface area contributed by atoms with Gasteiger partial charge in [-0.05, 0) is 38.3 Å². The SMILES string of the molecule is CN=C(NCCCOc1ccccc1)NC1CN(C(C)C)CC1C. The van der Waals surface area contributed by atoms with E-state index < -0.39 is 0 Å². The first-order valence-corrected chi connectivity index (χ1v) is 8.99. The Morgan fingerprint density at radius 2 is 2.04 bits per heavy atom. The van der Waals surface area contributed by atoms with Gasteiger partial charge in [0.05, 0.1) is 6.61 Å². The number of rotatable bonds is 7. The van der Waals surface area contributed by atoms with Crippen molar-refractivity contribution in [2.45, 2.75) is 39.3 Å². The lowest BCUT2D eigenvalue weighted by atomic mass is 10.1. The molecule has 134 valence electrons. The van der Waals surface area contributed by atoms with E-state index in [4.69, 9.17) is 4.74 Å². The molecule has 0 bridgehead atoms. The zero-order chi connectivity index (χ0) is 17.4. The summed E-state index contributed by atoms with van der Waals surface area (Å²) in [5.74, 6) is 2.44. The summed E-state index contributed by atoms with van der Waals surface area (Å²) in [6, 6.07) is 11.0. The number of aliphatic imine (C=N–C) groups is 1. The summed E-state index contributed by atoms with van der Waals surface area (Å²) in [5.41, 5.74) is 0. The minimum absolute atomic E-state index is 0.458. The van der Waals surface area contributed by atoms with Crippen LogP contribution in [0.1, 0.15) is 27.2 Å². The maximum Gasteiger partial charge on any atom is 0.191 e. The number of guanidine groups is 1. The van der Waals surface area contributed by atoms with E-state index in [1.54, 1.807) is 0 Å². The lowest BCUT2D eigenvalue weighted by Crippen LogP contribution is -2.47. The number of nitrogens with one attached hydrogen (secondary N) is 2. The van der Waals surface area contributed by atoms with E-state index in [0.29, 0.717) is 24.6 Å². The molecular formula is C19H32N4O. The van der Waals surface area contributed by atoms with E-state index in [-0.39, 0.29) is 0 Å². The number of hydrogen-bond donors (Lipinski definition) is 2. The molecule has 0 saturated carbocycles. The van der Waals surface area contributed by atoms with Crippen LogP contribution < -0.4 is 15.4 Å². The Hall–Kier alpha value is -1.75. The highest BCUT2D eigenvalue weighted by Gasteiger charge is 2.31. The Morgan fingerprint density at radius 3 is 2.67 bits per heavy atom. The lowest BCUT2D eigenvalue weighted by molar-refractivity contribution is 0.265. The third-order valence-electron chi connectivity index (χ3n) is 4.54. The van der Waals surface area contributed by atoms with Crippen molar-refractivity contribution in [3.05, 3.63) is 30.3 Å². The molecule has 0 aromatic heterocycles. The summed E-state index contributed by atoms with van der Waals surface area (Å²) in [5, 5.41) is 6.95. The van der Waals surface area contributed by atoms with Crippen LogP contribution in [0.5, 0.6) is 5.75 Å². The molecule has 0 radical (unpaired) electrons. The van der Waals surface area contributed by atoms with Crippen LogP contribution in [0, 0.1) is 5.92 Å². The highest BCUT2D eigenvalue weighted by molar-refractivity contribution is 5.80. The standard InChI is InChI=1S/C19H32N4O/c1-15(2)23-13-16(3)18(14-23)22-19(20-4)21-11-8-12-24-17-9-6-5-7-10-17/h5-7,9-10,15-16,18H,8,11-14H2,1-4H3,(H2,20,21,22). The molecule has 5 nitrogen and oxygen atoms in total. The number of ether oxygens (including phenoxy) is 1. The van der Waals surface area contributed by atoms with Crippen molar-refractivity contribution in [1.82, 2.24) is 15.5 Å². The first-order chi connectivity index (χ1) is 11.6. The van der Waals surface area contributed by atoms with Gasteiger partial charge < -0.3 is 15.4 Å². The van der Waals surface area contributed by atoms with E-state index in [1.807, 2.05) is 37.4 Å². The molecule has 1 heterocycles. The molecule has 1 fully saturated rings. The Morgan fingerprint density at radius 1 is 1.29 bits per heavy atom. The van der Waals surface area contributed by atoms with Crippen LogP contribution in [-0.4, -0.2) is 56.2 Å². The van der Waals surface area contributed by atoms with Crippen LogP contribution in [0.4, 0.5) is 0 Å². The maximum absolute atomic E-state index is 5.71. The van der Waals surface area contributed by atoms with Gasteiger partial charge in [0.1, 0.15) is 5.75 Å². The zero-order valence-corrected chi connectivity index (χ0v) is 15.5. The lowest BCUT2D eigenvalue weighted by Gasteiger charge is -2.22. The van der Waals surface area contributed by atoms with Gasteiger partial charge in [0.15, 0.2) is 5.96 Å². The first-order valence-electron chi connectivity index (χ1n) is 8.99. The topological polar surface area (TPSA) is 48.9 Å². The number of likely N-dealkylation sites (tertiary alicyclic amines) is 1. The van der Waals surface area contributed by atoms with Crippen molar-refractivity contribution >= 4 is 5.96 Å². The molecule has 2 rings (SSSR count). The van der Waals surface area contributed by atoms with Gasteiger partial charge >= 0.3 is 0 Å². The molecule has 5 heteroatoms. The molecule has 0 aliphatic carbocycles. The van der Waals surface area contributed by atoms with Gasteiger partial charge in [-0.2, -0.15) is 0 Å². The van der Waals surface area contributed by atoms with Crippen molar-refractivity contribution in [3.8, 4) is 5.75 Å². The van der Waals surface area contributed by atoms with Gasteiger partial charge in [-0.3, -0.25) is 9.89 Å². The minimum atomic E-state index is 0.458. The van der Waals surface area contributed by atoms with Crippen molar-refractivity contribution < 1.29 is 4.74 Å². The van der Waals surface area contributed by atoms with Crippen LogP contribution in [-0.2, 0) is 0 Å². The van der Waals surface area contributed by atoms with Gasteiger partial charge in [-0.15, -0.1) is 0 Å². The molecule has 2 atom stereocenters. The highest BCUT2D eigenvalue weighted by atomic mass is 16.5. The Labute approximate surface area is 146 Å². The van der Waals surface area contributed by atoms with E-state index in [0.717, 1.165) is 37.8 Å². The fourth-order valence-corrected chi connectivity index (χ4v) is 2.97. The molecule has 0 spiro atoms. The van der Waals surface area contributed by atoms with Gasteiger partial charge in [-0.1, -0.05) is 25.1 Å². The van der Waals surface area contributed by atoms with E-state index in [1.165, 1.54) is 0 Å². The molecule has 1 aliphatic rings. The average molecular weight is 332 g/mol. The van der Waals surface area contributed by atoms with Gasteiger partial charge in [-0.25, -0.2) is 0 Å². The minimum Gasteiger partial charge on any atom is -0.494 e. The van der Waals surface area contributed by atoms with E-state index in [9.17, 15) is 0 Å². The smallest absolute Gasteiger partial charge is 0.191 e. The number of hydrogen-bond acceptors (Lipinski definition) is 3. The second kappa shape index (κ2) is 9.52. The predicted octanol–water partition coefficient (Wildman–Crippen LogP) is 2.35. The number of benzene rings is 1. The Kier molecular flexibility index (Phi) is 7.37. The molecule has 1 aromatic carbocycles.